The molecule has 0 spiro atoms. The van der Waals surface area contributed by atoms with Crippen LogP contribution in [0.25, 0.3) is 0 Å². The smallest absolute Gasteiger partial charge is 0.417 e. The average molecular weight is 402 g/mol. The van der Waals surface area contributed by atoms with Crippen molar-refractivity contribution in [2.24, 2.45) is 0 Å². The fourth-order valence-corrected chi connectivity index (χ4v) is 2.66. The minimum absolute atomic E-state index is 0.0773. The molecule has 1 aromatic carbocycles. The van der Waals surface area contributed by atoms with Gasteiger partial charge in [0.25, 0.3) is 5.91 Å². The van der Waals surface area contributed by atoms with Crippen LogP contribution in [-0.2, 0) is 31.7 Å². The Morgan fingerprint density at radius 1 is 1.22 bits per heavy atom. The largest absolute Gasteiger partial charge is 0.469 e. The van der Waals surface area contributed by atoms with Gasteiger partial charge in [0.05, 0.1) is 30.4 Å². The summed E-state index contributed by atoms with van der Waals surface area (Å²) in [7, 11) is 1.22. The molecule has 1 aromatic heterocycles. The number of methoxy groups -OCH3 is 1. The lowest BCUT2D eigenvalue weighted by atomic mass is 10.1. The van der Waals surface area contributed by atoms with E-state index in [9.17, 15) is 27.6 Å². The number of esters is 2. The number of rotatable bonds is 6. The van der Waals surface area contributed by atoms with Gasteiger partial charge in [-0.1, -0.05) is 12.1 Å². The molecule has 0 aliphatic carbocycles. The van der Waals surface area contributed by atoms with Gasteiger partial charge in [0.1, 0.15) is 0 Å². The van der Waals surface area contributed by atoms with Crippen LogP contribution in [0.2, 0.25) is 0 Å². The van der Waals surface area contributed by atoms with Gasteiger partial charge in [0, 0.05) is 5.38 Å². The number of carbonyl (C=O) groups excluding carboxylic acids is 3. The summed E-state index contributed by atoms with van der Waals surface area (Å²) in [4.78, 5) is 38.7. The second kappa shape index (κ2) is 8.62. The topological polar surface area (TPSA) is 94.6 Å². The highest BCUT2D eigenvalue weighted by molar-refractivity contribution is 7.13. The Labute approximate surface area is 155 Å². The summed E-state index contributed by atoms with van der Waals surface area (Å²) in [6.07, 6.45) is -4.80. The van der Waals surface area contributed by atoms with Gasteiger partial charge in [-0.05, 0) is 12.1 Å². The van der Waals surface area contributed by atoms with Crippen LogP contribution < -0.4 is 5.32 Å². The van der Waals surface area contributed by atoms with Crippen molar-refractivity contribution in [3.8, 4) is 0 Å². The molecule has 0 bridgehead atoms. The third kappa shape index (κ3) is 5.78. The third-order valence-electron chi connectivity index (χ3n) is 3.14. The number of halogens is 3. The number of amides is 1. The van der Waals surface area contributed by atoms with Crippen LogP contribution >= 0.6 is 11.3 Å². The van der Waals surface area contributed by atoms with E-state index in [0.717, 1.165) is 29.5 Å². The maximum Gasteiger partial charge on any atom is 0.417 e. The van der Waals surface area contributed by atoms with Gasteiger partial charge in [0.15, 0.2) is 11.7 Å². The molecule has 0 atom stereocenters. The average Bonchev–Trinajstić information content (AvgIpc) is 3.05. The van der Waals surface area contributed by atoms with E-state index in [4.69, 9.17) is 0 Å². The van der Waals surface area contributed by atoms with Crippen LogP contribution in [-0.4, -0.2) is 36.5 Å². The van der Waals surface area contributed by atoms with E-state index in [2.05, 4.69) is 19.8 Å². The Bertz CT molecular complexity index is 851. The molecule has 0 radical (unpaired) electrons. The Kier molecular flexibility index (Phi) is 6.50. The molecular formula is C16H13F3N2O5S. The summed E-state index contributed by atoms with van der Waals surface area (Å²) < 4.78 is 47.8. The minimum atomic E-state index is -4.73. The number of benzene rings is 1. The van der Waals surface area contributed by atoms with Gasteiger partial charge in [-0.15, -0.1) is 11.3 Å². The molecule has 1 heterocycles. The highest BCUT2D eigenvalue weighted by Crippen LogP contribution is 2.32. The van der Waals surface area contributed by atoms with Gasteiger partial charge in [0.2, 0.25) is 0 Å². The van der Waals surface area contributed by atoms with E-state index in [1.165, 1.54) is 18.6 Å². The van der Waals surface area contributed by atoms with Gasteiger partial charge >= 0.3 is 18.1 Å². The molecule has 2 aromatic rings. The predicted molar refractivity (Wildman–Crippen MR) is 88.2 cm³/mol. The summed E-state index contributed by atoms with van der Waals surface area (Å²) in [5.41, 5.74) is -1.46. The molecule has 0 saturated carbocycles. The molecule has 27 heavy (non-hydrogen) atoms. The molecule has 0 unspecified atom stereocenters. The molecule has 0 fully saturated rings. The molecule has 7 nitrogen and oxygen atoms in total. The van der Waals surface area contributed by atoms with E-state index in [0.29, 0.717) is 5.69 Å². The molecule has 0 aliphatic heterocycles. The first-order chi connectivity index (χ1) is 12.7. The van der Waals surface area contributed by atoms with Crippen LogP contribution in [0, 0.1) is 0 Å². The second-order valence-electron chi connectivity index (χ2n) is 5.06. The van der Waals surface area contributed by atoms with Gasteiger partial charge in [-0.2, -0.15) is 13.2 Å². The number of thiazole rings is 1. The summed E-state index contributed by atoms with van der Waals surface area (Å²) in [6, 6.07) is 4.10. The van der Waals surface area contributed by atoms with Crippen molar-refractivity contribution < 1.29 is 37.0 Å². The number of nitrogens with one attached hydrogen (secondary N) is 1. The van der Waals surface area contributed by atoms with Crippen LogP contribution in [0.1, 0.15) is 21.6 Å². The van der Waals surface area contributed by atoms with E-state index < -0.39 is 41.8 Å². The van der Waals surface area contributed by atoms with Crippen molar-refractivity contribution in [3.05, 3.63) is 46.5 Å². The number of carbonyl (C=O) groups is 3. The van der Waals surface area contributed by atoms with Crippen molar-refractivity contribution in [1.29, 1.82) is 0 Å². The Morgan fingerprint density at radius 2 is 1.93 bits per heavy atom. The fraction of sp³-hybridized carbons (Fsp3) is 0.250. The number of anilines is 1. The Morgan fingerprint density at radius 3 is 2.59 bits per heavy atom. The van der Waals surface area contributed by atoms with Gasteiger partial charge in [-0.3, -0.25) is 14.9 Å². The zero-order chi connectivity index (χ0) is 20.0. The van der Waals surface area contributed by atoms with Crippen LogP contribution in [0.3, 0.4) is 0 Å². The zero-order valence-electron chi connectivity index (χ0n) is 13.8. The molecular weight excluding hydrogens is 389 g/mol. The standard InChI is InChI=1S/C16H13F3N2O5S/c1-25-13(23)6-9-8-27-15(20-9)21-12(22)7-26-14(24)10-4-2-3-5-11(10)16(17,18)19/h2-5,8H,6-7H2,1H3,(H,20,21,22). The molecule has 2 rings (SSSR count). The van der Waals surface area contributed by atoms with E-state index in [1.807, 2.05) is 0 Å². The van der Waals surface area contributed by atoms with Crippen LogP contribution in [0.5, 0.6) is 0 Å². The highest BCUT2D eigenvalue weighted by atomic mass is 32.1. The van der Waals surface area contributed by atoms with Crippen molar-refractivity contribution in [2.45, 2.75) is 12.6 Å². The summed E-state index contributed by atoms with van der Waals surface area (Å²) in [5, 5.41) is 3.99. The second-order valence-corrected chi connectivity index (χ2v) is 5.92. The lowest BCUT2D eigenvalue weighted by Gasteiger charge is -2.11. The number of ether oxygens (including phenoxy) is 2. The molecule has 1 amide bonds. The van der Waals surface area contributed by atoms with E-state index in [-0.39, 0.29) is 11.6 Å². The first-order valence-corrected chi connectivity index (χ1v) is 8.23. The maximum atomic E-state index is 12.9. The zero-order valence-corrected chi connectivity index (χ0v) is 14.6. The Hall–Kier alpha value is -2.95. The minimum Gasteiger partial charge on any atom is -0.469 e. The normalized spacial score (nSPS) is 11.0. The first-order valence-electron chi connectivity index (χ1n) is 7.35. The van der Waals surface area contributed by atoms with Crippen molar-refractivity contribution in [2.75, 3.05) is 19.0 Å². The molecule has 0 saturated heterocycles. The number of nitrogens with zero attached hydrogens (tertiary/aromatic N) is 1. The van der Waals surface area contributed by atoms with Crippen molar-refractivity contribution in [3.63, 3.8) is 0 Å². The van der Waals surface area contributed by atoms with Gasteiger partial charge < -0.3 is 9.47 Å². The Balaban J connectivity index is 1.93. The summed E-state index contributed by atoms with van der Waals surface area (Å²) in [5.74, 6) is -2.56. The van der Waals surface area contributed by atoms with Gasteiger partial charge in [-0.25, -0.2) is 9.78 Å². The number of hydrogen-bond acceptors (Lipinski definition) is 7. The number of hydrogen-bond donors (Lipinski definition) is 1. The monoisotopic (exact) mass is 402 g/mol. The summed E-state index contributed by atoms with van der Waals surface area (Å²) >= 11 is 1.03. The molecule has 0 aliphatic rings. The third-order valence-corrected chi connectivity index (χ3v) is 3.94. The number of aromatic nitrogens is 1. The lowest BCUT2D eigenvalue weighted by Crippen LogP contribution is -2.22. The quantitative estimate of drug-likeness (QED) is 0.747. The first kappa shape index (κ1) is 20.4. The lowest BCUT2D eigenvalue weighted by molar-refractivity contribution is -0.140. The summed E-state index contributed by atoms with van der Waals surface area (Å²) in [6.45, 7) is -0.795. The van der Waals surface area contributed by atoms with Crippen LogP contribution in [0.4, 0.5) is 18.3 Å². The molecule has 1 N–H and O–H groups in total. The fourth-order valence-electron chi connectivity index (χ4n) is 1.94. The predicted octanol–water partition coefficient (Wildman–Crippen LogP) is 2.67. The van der Waals surface area contributed by atoms with Crippen LogP contribution in [0.15, 0.2) is 29.6 Å². The SMILES string of the molecule is COC(=O)Cc1csc(NC(=O)COC(=O)c2ccccc2C(F)(F)F)n1. The van der Waals surface area contributed by atoms with Crippen molar-refractivity contribution >= 4 is 34.3 Å². The van der Waals surface area contributed by atoms with Crippen molar-refractivity contribution in [1.82, 2.24) is 4.98 Å². The maximum absolute atomic E-state index is 12.9. The molecule has 144 valence electrons. The van der Waals surface area contributed by atoms with E-state index in [1.54, 1.807) is 0 Å². The highest BCUT2D eigenvalue weighted by Gasteiger charge is 2.35. The molecule has 11 heteroatoms. The number of alkyl halides is 3. The van der Waals surface area contributed by atoms with E-state index >= 15 is 0 Å².